The molecule has 1 aromatic carbocycles. The molecule has 0 unspecified atom stereocenters. The van der Waals surface area contributed by atoms with Crippen molar-refractivity contribution >= 4 is 23.3 Å². The second-order valence-electron chi connectivity index (χ2n) is 7.13. The molecule has 2 aliphatic rings. The van der Waals surface area contributed by atoms with Crippen molar-refractivity contribution in [3.63, 3.8) is 0 Å². The number of carbonyl (C=O) groups is 2. The van der Waals surface area contributed by atoms with Crippen LogP contribution in [-0.4, -0.2) is 47.4 Å². The van der Waals surface area contributed by atoms with Crippen LogP contribution in [0.1, 0.15) is 55.3 Å². The highest BCUT2D eigenvalue weighted by Gasteiger charge is 2.26. The van der Waals surface area contributed by atoms with Crippen molar-refractivity contribution in [2.45, 2.75) is 51.0 Å². The smallest absolute Gasteiger partial charge is 0.338 e. The Balaban J connectivity index is 1.58. The summed E-state index contributed by atoms with van der Waals surface area (Å²) < 4.78 is 5.11. The molecule has 0 spiro atoms. The molecule has 8 heteroatoms. The molecular weight excluding hydrogens is 350 g/mol. The molecule has 27 heavy (non-hydrogen) atoms. The lowest BCUT2D eigenvalue weighted by molar-refractivity contribution is -0.384. The molecule has 0 bridgehead atoms. The topological polar surface area (TPSA) is 102 Å². The molecule has 1 aromatic rings. The minimum absolute atomic E-state index is 0.0727. The Bertz CT molecular complexity index is 709. The molecule has 8 nitrogen and oxygen atoms in total. The fourth-order valence-electron chi connectivity index (χ4n) is 3.18. The van der Waals surface area contributed by atoms with Gasteiger partial charge in [0.15, 0.2) is 6.61 Å². The van der Waals surface area contributed by atoms with Crippen LogP contribution in [-0.2, 0) is 9.53 Å². The van der Waals surface area contributed by atoms with Gasteiger partial charge in [-0.05, 0) is 37.8 Å². The number of ether oxygens (including phenoxy) is 1. The summed E-state index contributed by atoms with van der Waals surface area (Å²) >= 11 is 0. The maximum absolute atomic E-state index is 12.3. The monoisotopic (exact) mass is 375 g/mol. The normalized spacial score (nSPS) is 17.6. The van der Waals surface area contributed by atoms with Gasteiger partial charge in [-0.25, -0.2) is 4.79 Å². The van der Waals surface area contributed by atoms with E-state index in [0.717, 1.165) is 38.5 Å². The van der Waals surface area contributed by atoms with Crippen LogP contribution in [0.3, 0.4) is 0 Å². The van der Waals surface area contributed by atoms with Gasteiger partial charge in [0.25, 0.3) is 11.6 Å². The van der Waals surface area contributed by atoms with Gasteiger partial charge in [0.2, 0.25) is 0 Å². The highest BCUT2D eigenvalue weighted by atomic mass is 16.6. The Morgan fingerprint density at radius 3 is 2.44 bits per heavy atom. The minimum atomic E-state index is -0.725. The number of carbonyl (C=O) groups excluding carboxylic acids is 2. The van der Waals surface area contributed by atoms with Crippen LogP contribution in [0.4, 0.5) is 11.4 Å². The van der Waals surface area contributed by atoms with Gasteiger partial charge in [-0.1, -0.05) is 19.3 Å². The quantitative estimate of drug-likeness (QED) is 0.466. The Hall–Kier alpha value is -2.64. The predicted molar refractivity (Wildman–Crippen MR) is 99.7 cm³/mol. The van der Waals surface area contributed by atoms with Gasteiger partial charge in [-0.15, -0.1) is 0 Å². The summed E-state index contributed by atoms with van der Waals surface area (Å²) in [6, 6.07) is 4.47. The maximum atomic E-state index is 12.3. The number of rotatable bonds is 6. The summed E-state index contributed by atoms with van der Waals surface area (Å²) in [7, 11) is 0. The number of amides is 1. The largest absolute Gasteiger partial charge is 0.452 e. The third-order valence-electron chi connectivity index (χ3n) is 4.90. The van der Waals surface area contributed by atoms with Crippen molar-refractivity contribution in [2.24, 2.45) is 0 Å². The summed E-state index contributed by atoms with van der Waals surface area (Å²) in [6.45, 7) is 1.03. The van der Waals surface area contributed by atoms with Gasteiger partial charge in [-0.2, -0.15) is 0 Å². The summed E-state index contributed by atoms with van der Waals surface area (Å²) in [4.78, 5) is 37.0. The van der Waals surface area contributed by atoms with Crippen LogP contribution in [0.5, 0.6) is 0 Å². The fourth-order valence-corrected chi connectivity index (χ4v) is 3.18. The zero-order valence-corrected chi connectivity index (χ0v) is 15.3. The third-order valence-corrected chi connectivity index (χ3v) is 4.90. The first kappa shape index (κ1) is 19.1. The van der Waals surface area contributed by atoms with Crippen LogP contribution in [0.25, 0.3) is 0 Å². The molecule has 1 saturated heterocycles. The summed E-state index contributed by atoms with van der Waals surface area (Å²) in [6.07, 6.45) is 7.30. The SMILES string of the molecule is O=C(OCC(=O)N1CCCCCCC1)c1ccc(NC2CC2)c([N+](=O)[O-])c1. The zero-order valence-electron chi connectivity index (χ0n) is 15.3. The molecule has 2 fully saturated rings. The van der Waals surface area contributed by atoms with Gasteiger partial charge in [0.05, 0.1) is 10.5 Å². The van der Waals surface area contributed by atoms with Crippen LogP contribution in [0.2, 0.25) is 0 Å². The second-order valence-corrected chi connectivity index (χ2v) is 7.13. The standard InChI is InChI=1S/C19H25N3O5/c23-18(21-10-4-2-1-3-5-11-21)13-27-19(24)14-6-9-16(20-15-7-8-15)17(12-14)22(25)26/h6,9,12,15,20H,1-5,7-8,10-11,13H2. The molecule has 0 radical (unpaired) electrons. The molecule has 1 aliphatic heterocycles. The first-order valence-corrected chi connectivity index (χ1v) is 9.54. The molecular formula is C19H25N3O5. The zero-order chi connectivity index (χ0) is 19.2. The van der Waals surface area contributed by atoms with E-state index in [1.54, 1.807) is 4.90 Å². The third kappa shape index (κ3) is 5.42. The molecule has 1 aliphatic carbocycles. The average molecular weight is 375 g/mol. The van der Waals surface area contributed by atoms with Crippen LogP contribution >= 0.6 is 0 Å². The number of benzene rings is 1. The first-order chi connectivity index (χ1) is 13.0. The van der Waals surface area contributed by atoms with E-state index in [1.807, 2.05) is 0 Å². The van der Waals surface area contributed by atoms with Gasteiger partial charge < -0.3 is 15.0 Å². The highest BCUT2D eigenvalue weighted by Crippen LogP contribution is 2.31. The Labute approximate surface area is 158 Å². The molecule has 3 rings (SSSR count). The number of nitro benzene ring substituents is 1. The van der Waals surface area contributed by atoms with E-state index >= 15 is 0 Å². The molecule has 146 valence electrons. The van der Waals surface area contributed by atoms with Gasteiger partial charge in [0.1, 0.15) is 5.69 Å². The number of nitro groups is 1. The first-order valence-electron chi connectivity index (χ1n) is 9.54. The number of hydrogen-bond acceptors (Lipinski definition) is 6. The van der Waals surface area contributed by atoms with E-state index in [-0.39, 0.29) is 29.8 Å². The lowest BCUT2D eigenvalue weighted by atomic mass is 10.1. The van der Waals surface area contributed by atoms with Crippen LogP contribution < -0.4 is 5.32 Å². The Morgan fingerprint density at radius 1 is 1.15 bits per heavy atom. The lowest BCUT2D eigenvalue weighted by Gasteiger charge is -2.24. The molecule has 0 aromatic heterocycles. The van der Waals surface area contributed by atoms with Crippen molar-refractivity contribution in [2.75, 3.05) is 25.0 Å². The molecule has 1 N–H and O–H groups in total. The van der Waals surface area contributed by atoms with Crippen molar-refractivity contribution in [1.29, 1.82) is 0 Å². The van der Waals surface area contributed by atoms with Crippen LogP contribution in [0, 0.1) is 10.1 Å². The molecule has 1 heterocycles. The van der Waals surface area contributed by atoms with E-state index in [0.29, 0.717) is 18.8 Å². The maximum Gasteiger partial charge on any atom is 0.338 e. The molecule has 1 amide bonds. The number of anilines is 1. The van der Waals surface area contributed by atoms with Gasteiger partial charge in [-0.3, -0.25) is 14.9 Å². The lowest BCUT2D eigenvalue weighted by Crippen LogP contribution is -2.36. The minimum Gasteiger partial charge on any atom is -0.452 e. The molecule has 0 atom stereocenters. The number of hydrogen-bond donors (Lipinski definition) is 1. The Kier molecular flexibility index (Phi) is 6.26. The van der Waals surface area contributed by atoms with E-state index in [2.05, 4.69) is 5.32 Å². The van der Waals surface area contributed by atoms with E-state index in [9.17, 15) is 19.7 Å². The Morgan fingerprint density at radius 2 is 1.81 bits per heavy atom. The van der Waals surface area contributed by atoms with Gasteiger partial charge in [0, 0.05) is 25.2 Å². The number of likely N-dealkylation sites (tertiary alicyclic amines) is 1. The summed E-state index contributed by atoms with van der Waals surface area (Å²) in [5, 5.41) is 14.4. The summed E-state index contributed by atoms with van der Waals surface area (Å²) in [5.41, 5.74) is 0.311. The van der Waals surface area contributed by atoms with Crippen molar-refractivity contribution < 1.29 is 19.2 Å². The fraction of sp³-hybridized carbons (Fsp3) is 0.579. The average Bonchev–Trinajstić information content (AvgIpc) is 3.43. The second kappa shape index (κ2) is 8.83. The highest BCUT2D eigenvalue weighted by molar-refractivity contribution is 5.93. The number of nitrogens with one attached hydrogen (secondary N) is 1. The van der Waals surface area contributed by atoms with E-state index < -0.39 is 10.9 Å². The van der Waals surface area contributed by atoms with Gasteiger partial charge >= 0.3 is 5.97 Å². The number of nitrogens with zero attached hydrogens (tertiary/aromatic N) is 2. The van der Waals surface area contributed by atoms with E-state index in [1.165, 1.54) is 24.6 Å². The van der Waals surface area contributed by atoms with Crippen molar-refractivity contribution in [1.82, 2.24) is 4.90 Å². The summed E-state index contributed by atoms with van der Waals surface area (Å²) in [5.74, 6) is -0.941. The van der Waals surface area contributed by atoms with Crippen molar-refractivity contribution in [3.8, 4) is 0 Å². The molecule has 1 saturated carbocycles. The van der Waals surface area contributed by atoms with Crippen LogP contribution in [0.15, 0.2) is 18.2 Å². The number of esters is 1. The van der Waals surface area contributed by atoms with Crippen molar-refractivity contribution in [3.05, 3.63) is 33.9 Å². The predicted octanol–water partition coefficient (Wildman–Crippen LogP) is 3.12. The van der Waals surface area contributed by atoms with E-state index in [4.69, 9.17) is 4.74 Å².